The molecule has 0 heterocycles. The average molecular weight is 259 g/mol. The lowest BCUT2D eigenvalue weighted by Gasteiger charge is -2.10. The fraction of sp³-hybridized carbons (Fsp3) is 0.133. The number of hydrogen-bond donors (Lipinski definition) is 2. The van der Waals surface area contributed by atoms with E-state index in [2.05, 4.69) is 5.32 Å². The van der Waals surface area contributed by atoms with E-state index in [4.69, 9.17) is 5.11 Å². The quantitative estimate of drug-likeness (QED) is 0.884. The molecule has 0 fully saturated rings. The molecule has 0 unspecified atom stereocenters. The van der Waals surface area contributed by atoms with Gasteiger partial charge in [0.1, 0.15) is 5.82 Å². The molecule has 0 aliphatic carbocycles. The molecule has 0 amide bonds. The standard InChI is InChI=1S/C15H14FNO2/c1-10-8-12(6-7-14(10)16)17-9-11-4-2-3-5-13(11)15(18)19/h2-8,17H,9H2,1H3,(H,18,19). The van der Waals surface area contributed by atoms with Gasteiger partial charge < -0.3 is 10.4 Å². The largest absolute Gasteiger partial charge is 0.478 e. The maximum Gasteiger partial charge on any atom is 0.336 e. The van der Waals surface area contributed by atoms with Crippen LogP contribution >= 0.6 is 0 Å². The van der Waals surface area contributed by atoms with Crippen molar-refractivity contribution in [2.24, 2.45) is 0 Å². The second-order valence-corrected chi connectivity index (χ2v) is 4.28. The van der Waals surface area contributed by atoms with E-state index in [-0.39, 0.29) is 11.4 Å². The predicted octanol–water partition coefficient (Wildman–Crippen LogP) is 3.44. The van der Waals surface area contributed by atoms with E-state index in [0.717, 1.165) is 5.69 Å². The van der Waals surface area contributed by atoms with Gasteiger partial charge in [0.05, 0.1) is 5.56 Å². The van der Waals surface area contributed by atoms with E-state index in [1.165, 1.54) is 6.07 Å². The molecule has 98 valence electrons. The fourth-order valence-corrected chi connectivity index (χ4v) is 1.84. The number of rotatable bonds is 4. The molecular formula is C15H14FNO2. The summed E-state index contributed by atoms with van der Waals surface area (Å²) in [4.78, 5) is 11.1. The Labute approximate surface area is 110 Å². The van der Waals surface area contributed by atoms with Crippen molar-refractivity contribution in [3.63, 3.8) is 0 Å². The Bertz CT molecular complexity index is 611. The second kappa shape index (κ2) is 5.52. The van der Waals surface area contributed by atoms with Crippen molar-refractivity contribution >= 4 is 11.7 Å². The van der Waals surface area contributed by atoms with Gasteiger partial charge in [-0.3, -0.25) is 0 Å². The number of hydrogen-bond acceptors (Lipinski definition) is 2. The molecule has 0 aliphatic heterocycles. The van der Waals surface area contributed by atoms with E-state index in [0.29, 0.717) is 17.7 Å². The third-order valence-electron chi connectivity index (χ3n) is 2.89. The Kier molecular flexibility index (Phi) is 3.80. The topological polar surface area (TPSA) is 49.3 Å². The zero-order valence-electron chi connectivity index (χ0n) is 10.5. The van der Waals surface area contributed by atoms with Gasteiger partial charge in [-0.15, -0.1) is 0 Å². The van der Waals surface area contributed by atoms with E-state index in [1.54, 1.807) is 43.3 Å². The van der Waals surface area contributed by atoms with Gasteiger partial charge in [0.25, 0.3) is 0 Å². The van der Waals surface area contributed by atoms with Crippen LogP contribution in [0, 0.1) is 12.7 Å². The van der Waals surface area contributed by atoms with Gasteiger partial charge in [0.2, 0.25) is 0 Å². The van der Waals surface area contributed by atoms with Crippen LogP contribution < -0.4 is 5.32 Å². The van der Waals surface area contributed by atoms with Crippen LogP contribution in [0.15, 0.2) is 42.5 Å². The molecule has 19 heavy (non-hydrogen) atoms. The van der Waals surface area contributed by atoms with Crippen molar-refractivity contribution in [1.82, 2.24) is 0 Å². The number of benzene rings is 2. The lowest BCUT2D eigenvalue weighted by Crippen LogP contribution is -2.07. The maximum absolute atomic E-state index is 13.1. The molecule has 0 atom stereocenters. The molecule has 0 aromatic heterocycles. The molecule has 0 saturated carbocycles. The lowest BCUT2D eigenvalue weighted by molar-refractivity contribution is 0.0696. The molecule has 2 aromatic carbocycles. The van der Waals surface area contributed by atoms with Crippen molar-refractivity contribution in [2.45, 2.75) is 13.5 Å². The van der Waals surface area contributed by atoms with Gasteiger partial charge in [-0.1, -0.05) is 18.2 Å². The first kappa shape index (κ1) is 13.1. The second-order valence-electron chi connectivity index (χ2n) is 4.28. The molecule has 0 saturated heterocycles. The highest BCUT2D eigenvalue weighted by molar-refractivity contribution is 5.89. The molecular weight excluding hydrogens is 245 g/mol. The predicted molar refractivity (Wildman–Crippen MR) is 71.9 cm³/mol. The first-order valence-corrected chi connectivity index (χ1v) is 5.89. The van der Waals surface area contributed by atoms with Crippen LogP contribution in [0.1, 0.15) is 21.5 Å². The van der Waals surface area contributed by atoms with Crippen LogP contribution in [0.5, 0.6) is 0 Å². The molecule has 2 aromatic rings. The zero-order chi connectivity index (χ0) is 13.8. The Hall–Kier alpha value is -2.36. The summed E-state index contributed by atoms with van der Waals surface area (Å²) in [6.45, 7) is 2.07. The summed E-state index contributed by atoms with van der Waals surface area (Å²) in [5, 5.41) is 12.2. The van der Waals surface area contributed by atoms with E-state index >= 15 is 0 Å². The van der Waals surface area contributed by atoms with Crippen molar-refractivity contribution in [2.75, 3.05) is 5.32 Å². The van der Waals surface area contributed by atoms with Gasteiger partial charge in [-0.2, -0.15) is 0 Å². The van der Waals surface area contributed by atoms with Crippen LogP contribution in [0.3, 0.4) is 0 Å². The van der Waals surface area contributed by atoms with Crippen LogP contribution in [-0.4, -0.2) is 11.1 Å². The third kappa shape index (κ3) is 3.10. The van der Waals surface area contributed by atoms with Gasteiger partial charge in [-0.25, -0.2) is 9.18 Å². The van der Waals surface area contributed by atoms with Crippen molar-refractivity contribution in [1.29, 1.82) is 0 Å². The van der Waals surface area contributed by atoms with Crippen LogP contribution in [0.4, 0.5) is 10.1 Å². The van der Waals surface area contributed by atoms with Gasteiger partial charge >= 0.3 is 5.97 Å². The van der Waals surface area contributed by atoms with Crippen molar-refractivity contribution in [3.8, 4) is 0 Å². The number of nitrogens with one attached hydrogen (secondary N) is 1. The number of carboxylic acids is 1. The number of carbonyl (C=O) groups is 1. The molecule has 2 N–H and O–H groups in total. The minimum absolute atomic E-state index is 0.253. The summed E-state index contributed by atoms with van der Waals surface area (Å²) >= 11 is 0. The highest BCUT2D eigenvalue weighted by Gasteiger charge is 2.08. The average Bonchev–Trinajstić information content (AvgIpc) is 2.40. The minimum Gasteiger partial charge on any atom is -0.478 e. The Balaban J connectivity index is 2.14. The first-order chi connectivity index (χ1) is 9.08. The first-order valence-electron chi connectivity index (χ1n) is 5.89. The maximum atomic E-state index is 13.1. The minimum atomic E-state index is -0.951. The molecule has 4 heteroatoms. The van der Waals surface area contributed by atoms with E-state index in [1.807, 2.05) is 0 Å². The highest BCUT2D eigenvalue weighted by Crippen LogP contribution is 2.16. The van der Waals surface area contributed by atoms with Crippen molar-refractivity contribution in [3.05, 3.63) is 65.0 Å². The molecule has 0 radical (unpaired) electrons. The summed E-state index contributed by atoms with van der Waals surface area (Å²) in [6, 6.07) is 11.5. The van der Waals surface area contributed by atoms with E-state index < -0.39 is 5.97 Å². The number of carboxylic acid groups (broad SMARTS) is 1. The SMILES string of the molecule is Cc1cc(NCc2ccccc2C(=O)O)ccc1F. The van der Waals surface area contributed by atoms with Crippen LogP contribution in [0.25, 0.3) is 0 Å². The zero-order valence-corrected chi connectivity index (χ0v) is 10.5. The molecule has 0 aliphatic rings. The highest BCUT2D eigenvalue weighted by atomic mass is 19.1. The normalized spacial score (nSPS) is 10.2. The molecule has 0 spiro atoms. The number of halogens is 1. The summed E-state index contributed by atoms with van der Waals surface area (Å²) < 4.78 is 13.1. The van der Waals surface area contributed by atoms with Gasteiger partial charge in [-0.05, 0) is 42.3 Å². The van der Waals surface area contributed by atoms with Crippen LogP contribution in [-0.2, 0) is 6.54 Å². The van der Waals surface area contributed by atoms with Crippen LogP contribution in [0.2, 0.25) is 0 Å². The van der Waals surface area contributed by atoms with Crippen molar-refractivity contribution < 1.29 is 14.3 Å². The molecule has 3 nitrogen and oxygen atoms in total. The van der Waals surface area contributed by atoms with Gasteiger partial charge in [0.15, 0.2) is 0 Å². The van der Waals surface area contributed by atoms with Gasteiger partial charge in [0, 0.05) is 12.2 Å². The summed E-state index contributed by atoms with van der Waals surface area (Å²) in [5.74, 6) is -1.20. The number of aromatic carboxylic acids is 1. The summed E-state index contributed by atoms with van der Waals surface area (Å²) in [7, 11) is 0. The Morgan fingerprint density at radius 2 is 2.00 bits per heavy atom. The Morgan fingerprint density at radius 1 is 1.26 bits per heavy atom. The smallest absolute Gasteiger partial charge is 0.336 e. The lowest BCUT2D eigenvalue weighted by atomic mass is 10.1. The molecule has 2 rings (SSSR count). The fourth-order valence-electron chi connectivity index (χ4n) is 1.84. The number of aryl methyl sites for hydroxylation is 1. The number of anilines is 1. The molecule has 0 bridgehead atoms. The van der Waals surface area contributed by atoms with E-state index in [9.17, 15) is 9.18 Å². The Morgan fingerprint density at radius 3 is 2.68 bits per heavy atom. The monoisotopic (exact) mass is 259 g/mol. The third-order valence-corrected chi connectivity index (χ3v) is 2.89. The summed E-state index contributed by atoms with van der Waals surface area (Å²) in [6.07, 6.45) is 0. The summed E-state index contributed by atoms with van der Waals surface area (Å²) in [5.41, 5.74) is 2.28.